The third kappa shape index (κ3) is 2.87. The molecule has 1 unspecified atom stereocenters. The largest absolute Gasteiger partial charge is 0.478 e. The smallest absolute Gasteiger partial charge is 0.337 e. The average molecular weight is 277 g/mol. The number of likely N-dealkylation sites (tertiary alicyclic amines) is 1. The van der Waals surface area contributed by atoms with Crippen LogP contribution in [0.1, 0.15) is 16.8 Å². The summed E-state index contributed by atoms with van der Waals surface area (Å²) in [5.41, 5.74) is 0.189. The fourth-order valence-corrected chi connectivity index (χ4v) is 2.05. The monoisotopic (exact) mass is 277 g/mol. The molecule has 2 rings (SSSR count). The number of carboxylic acid groups (broad SMARTS) is 1. The summed E-state index contributed by atoms with van der Waals surface area (Å²) in [7, 11) is 1.67. The second-order valence-corrected chi connectivity index (χ2v) is 4.55. The maximum Gasteiger partial charge on any atom is 0.337 e. The molecule has 1 atom stereocenters. The van der Waals surface area contributed by atoms with E-state index in [9.17, 15) is 14.4 Å². The predicted octanol–water partition coefficient (Wildman–Crippen LogP) is 0.737. The van der Waals surface area contributed by atoms with Crippen LogP contribution in [0.2, 0.25) is 0 Å². The van der Waals surface area contributed by atoms with Crippen molar-refractivity contribution in [1.29, 1.82) is 0 Å². The minimum Gasteiger partial charge on any atom is -0.478 e. The molecule has 1 fully saturated rings. The van der Waals surface area contributed by atoms with Crippen LogP contribution < -0.4 is 10.6 Å². The summed E-state index contributed by atoms with van der Waals surface area (Å²) >= 11 is 0. The maximum atomic E-state index is 11.8. The van der Waals surface area contributed by atoms with Crippen molar-refractivity contribution in [3.8, 4) is 0 Å². The highest BCUT2D eigenvalue weighted by atomic mass is 16.4. The summed E-state index contributed by atoms with van der Waals surface area (Å²) in [6, 6.07) is 4.93. The molecular formula is C13H15N3O4. The number of rotatable bonds is 3. The summed E-state index contributed by atoms with van der Waals surface area (Å²) in [6.07, 6.45) is 0.545. The minimum absolute atomic E-state index is 0.00230. The van der Waals surface area contributed by atoms with Crippen LogP contribution in [-0.4, -0.2) is 47.5 Å². The number of likely N-dealkylation sites (N-methyl/N-ethyl adjacent to an activating group) is 1. The number of anilines is 1. The molecule has 1 aliphatic rings. The van der Waals surface area contributed by atoms with Crippen molar-refractivity contribution in [2.24, 2.45) is 0 Å². The van der Waals surface area contributed by atoms with Gasteiger partial charge in [0.2, 0.25) is 5.91 Å². The predicted molar refractivity (Wildman–Crippen MR) is 71.6 cm³/mol. The molecular weight excluding hydrogens is 262 g/mol. The van der Waals surface area contributed by atoms with Crippen LogP contribution in [-0.2, 0) is 4.79 Å². The number of carbonyl (C=O) groups is 3. The second-order valence-electron chi connectivity index (χ2n) is 4.55. The van der Waals surface area contributed by atoms with E-state index < -0.39 is 18.0 Å². The van der Waals surface area contributed by atoms with Crippen LogP contribution in [0.15, 0.2) is 24.3 Å². The first-order valence-corrected chi connectivity index (χ1v) is 6.14. The molecule has 0 radical (unpaired) electrons. The van der Waals surface area contributed by atoms with E-state index in [4.69, 9.17) is 5.11 Å². The van der Waals surface area contributed by atoms with Gasteiger partial charge in [-0.1, -0.05) is 12.1 Å². The Morgan fingerprint density at radius 2 is 2.05 bits per heavy atom. The molecule has 7 heteroatoms. The van der Waals surface area contributed by atoms with Gasteiger partial charge in [-0.3, -0.25) is 4.79 Å². The van der Waals surface area contributed by atoms with E-state index in [2.05, 4.69) is 10.6 Å². The van der Waals surface area contributed by atoms with Crippen LogP contribution in [0.4, 0.5) is 10.5 Å². The molecule has 0 aliphatic carbocycles. The fourth-order valence-electron chi connectivity index (χ4n) is 2.05. The third-order valence-electron chi connectivity index (χ3n) is 3.14. The number of amides is 3. The van der Waals surface area contributed by atoms with Gasteiger partial charge in [0.25, 0.3) is 0 Å². The first-order chi connectivity index (χ1) is 9.49. The standard InChI is InChI=1S/C13H15N3O4/c1-16-7-6-10(11(16)17)15-13(20)14-9-5-3-2-4-8(9)12(18)19/h2-5,10H,6-7H2,1H3,(H,18,19)(H2,14,15,20). The SMILES string of the molecule is CN1CCC(NC(=O)Nc2ccccc2C(=O)O)C1=O. The Labute approximate surface area is 115 Å². The van der Waals surface area contributed by atoms with Gasteiger partial charge in [-0.25, -0.2) is 9.59 Å². The number of carbonyl (C=O) groups excluding carboxylic acids is 2. The Morgan fingerprint density at radius 1 is 1.35 bits per heavy atom. The summed E-state index contributed by atoms with van der Waals surface area (Å²) in [5, 5.41) is 14.0. The number of urea groups is 1. The van der Waals surface area contributed by atoms with Gasteiger partial charge < -0.3 is 20.6 Å². The normalized spacial score (nSPS) is 17.9. The van der Waals surface area contributed by atoms with Gasteiger partial charge in [0, 0.05) is 13.6 Å². The summed E-state index contributed by atoms with van der Waals surface area (Å²) in [6.45, 7) is 0.593. The fraction of sp³-hybridized carbons (Fsp3) is 0.308. The van der Waals surface area contributed by atoms with Crippen molar-refractivity contribution in [3.05, 3.63) is 29.8 Å². The lowest BCUT2D eigenvalue weighted by molar-refractivity contribution is -0.128. The Hall–Kier alpha value is -2.57. The maximum absolute atomic E-state index is 11.8. The molecule has 0 saturated carbocycles. The van der Waals surface area contributed by atoms with Crippen LogP contribution in [0, 0.1) is 0 Å². The van der Waals surface area contributed by atoms with Gasteiger partial charge >= 0.3 is 12.0 Å². The molecule has 1 aliphatic heterocycles. The minimum atomic E-state index is -1.13. The van der Waals surface area contributed by atoms with E-state index in [0.29, 0.717) is 13.0 Å². The van der Waals surface area contributed by atoms with E-state index in [1.165, 1.54) is 17.0 Å². The zero-order valence-corrected chi connectivity index (χ0v) is 10.9. The van der Waals surface area contributed by atoms with Crippen molar-refractivity contribution in [1.82, 2.24) is 10.2 Å². The quantitative estimate of drug-likeness (QED) is 0.758. The zero-order chi connectivity index (χ0) is 14.7. The van der Waals surface area contributed by atoms with Gasteiger partial charge in [-0.2, -0.15) is 0 Å². The number of aromatic carboxylic acids is 1. The highest BCUT2D eigenvalue weighted by molar-refractivity contribution is 6.01. The number of nitrogens with one attached hydrogen (secondary N) is 2. The van der Waals surface area contributed by atoms with Gasteiger partial charge in [0.1, 0.15) is 6.04 Å². The van der Waals surface area contributed by atoms with Crippen LogP contribution >= 0.6 is 0 Å². The first-order valence-electron chi connectivity index (χ1n) is 6.14. The van der Waals surface area contributed by atoms with Gasteiger partial charge in [0.05, 0.1) is 11.3 Å². The highest BCUT2D eigenvalue weighted by Gasteiger charge is 2.30. The van der Waals surface area contributed by atoms with Crippen molar-refractivity contribution < 1.29 is 19.5 Å². The average Bonchev–Trinajstić information content (AvgIpc) is 2.71. The molecule has 1 saturated heterocycles. The number of carboxylic acids is 1. The van der Waals surface area contributed by atoms with Crippen molar-refractivity contribution in [2.45, 2.75) is 12.5 Å². The second kappa shape index (κ2) is 5.60. The lowest BCUT2D eigenvalue weighted by Crippen LogP contribution is -2.42. The van der Waals surface area contributed by atoms with E-state index >= 15 is 0 Å². The highest BCUT2D eigenvalue weighted by Crippen LogP contribution is 2.15. The molecule has 1 aromatic carbocycles. The molecule has 3 amide bonds. The van der Waals surface area contributed by atoms with Crippen molar-refractivity contribution >= 4 is 23.6 Å². The first kappa shape index (κ1) is 13.9. The Morgan fingerprint density at radius 3 is 2.65 bits per heavy atom. The number of hydrogen-bond acceptors (Lipinski definition) is 3. The summed E-state index contributed by atoms with van der Waals surface area (Å²) < 4.78 is 0. The van der Waals surface area contributed by atoms with Crippen LogP contribution in [0.3, 0.4) is 0 Å². The van der Waals surface area contributed by atoms with Crippen LogP contribution in [0.5, 0.6) is 0 Å². The molecule has 7 nitrogen and oxygen atoms in total. The van der Waals surface area contributed by atoms with E-state index in [-0.39, 0.29) is 17.2 Å². The molecule has 106 valence electrons. The lowest BCUT2D eigenvalue weighted by Gasteiger charge is -2.14. The third-order valence-corrected chi connectivity index (χ3v) is 3.14. The molecule has 1 aromatic rings. The number of para-hydroxylation sites is 1. The van der Waals surface area contributed by atoms with Gasteiger partial charge in [0.15, 0.2) is 0 Å². The molecule has 20 heavy (non-hydrogen) atoms. The Kier molecular flexibility index (Phi) is 3.88. The molecule has 0 bridgehead atoms. The topological polar surface area (TPSA) is 98.7 Å². The zero-order valence-electron chi connectivity index (χ0n) is 10.9. The summed E-state index contributed by atoms with van der Waals surface area (Å²) in [4.78, 5) is 36.0. The molecule has 1 heterocycles. The summed E-state index contributed by atoms with van der Waals surface area (Å²) in [5.74, 6) is -1.27. The van der Waals surface area contributed by atoms with Crippen LogP contribution in [0.25, 0.3) is 0 Å². The van der Waals surface area contributed by atoms with E-state index in [1.807, 2.05) is 0 Å². The van der Waals surface area contributed by atoms with Gasteiger partial charge in [-0.15, -0.1) is 0 Å². The molecule has 0 aromatic heterocycles. The molecule has 0 spiro atoms. The number of hydrogen-bond donors (Lipinski definition) is 3. The van der Waals surface area contributed by atoms with Gasteiger partial charge in [-0.05, 0) is 18.6 Å². The Bertz CT molecular complexity index is 558. The molecule has 3 N–H and O–H groups in total. The van der Waals surface area contributed by atoms with Crippen molar-refractivity contribution in [2.75, 3.05) is 18.9 Å². The number of nitrogens with zero attached hydrogens (tertiary/aromatic N) is 1. The van der Waals surface area contributed by atoms with Crippen molar-refractivity contribution in [3.63, 3.8) is 0 Å². The lowest BCUT2D eigenvalue weighted by atomic mass is 10.2. The van der Waals surface area contributed by atoms with E-state index in [0.717, 1.165) is 0 Å². The Balaban J connectivity index is 2.02. The number of benzene rings is 1. The van der Waals surface area contributed by atoms with E-state index in [1.54, 1.807) is 19.2 Å².